The van der Waals surface area contributed by atoms with Crippen LogP contribution < -0.4 is 14.4 Å². The predicted octanol–water partition coefficient (Wildman–Crippen LogP) is 1.91. The highest BCUT2D eigenvalue weighted by atomic mass is 32.2. The third-order valence-electron chi connectivity index (χ3n) is 4.94. The van der Waals surface area contributed by atoms with Gasteiger partial charge in [-0.3, -0.25) is 4.90 Å². The van der Waals surface area contributed by atoms with Gasteiger partial charge >= 0.3 is 0 Å². The summed E-state index contributed by atoms with van der Waals surface area (Å²) in [6.45, 7) is 5.53. The number of nitriles is 2. The predicted molar refractivity (Wildman–Crippen MR) is 108 cm³/mol. The lowest BCUT2D eigenvalue weighted by molar-refractivity contribution is 0.171. The maximum Gasteiger partial charge on any atom is 0.186 e. The van der Waals surface area contributed by atoms with E-state index >= 15 is 0 Å². The van der Waals surface area contributed by atoms with Crippen molar-refractivity contribution < 1.29 is 9.47 Å². The SMILES string of the molecule is N#Cc1cncnc1SCCN1CCN(c2ccc(C#N)c3c2OCCO3)CC1. The fraction of sp³-hybridized carbons (Fsp3) is 0.400. The van der Waals surface area contributed by atoms with Crippen LogP contribution in [0.4, 0.5) is 5.69 Å². The number of fused-ring (bicyclic) bond motifs is 1. The van der Waals surface area contributed by atoms with Crippen molar-refractivity contribution in [3.63, 3.8) is 0 Å². The zero-order chi connectivity index (χ0) is 20.1. The minimum atomic E-state index is 0.469. The van der Waals surface area contributed by atoms with Gasteiger partial charge in [-0.1, -0.05) is 0 Å². The second-order valence-corrected chi connectivity index (χ2v) is 7.71. The quantitative estimate of drug-likeness (QED) is 0.542. The van der Waals surface area contributed by atoms with Gasteiger partial charge in [0.05, 0.1) is 11.3 Å². The molecule has 2 aliphatic rings. The van der Waals surface area contributed by atoms with Gasteiger partial charge in [0.15, 0.2) is 11.5 Å². The highest BCUT2D eigenvalue weighted by Gasteiger charge is 2.25. The minimum absolute atomic E-state index is 0.469. The summed E-state index contributed by atoms with van der Waals surface area (Å²) < 4.78 is 11.5. The number of hydrogen-bond donors (Lipinski definition) is 0. The smallest absolute Gasteiger partial charge is 0.186 e. The molecule has 3 heterocycles. The van der Waals surface area contributed by atoms with Crippen molar-refractivity contribution in [3.05, 3.63) is 35.8 Å². The Bertz CT molecular complexity index is 962. The topological polar surface area (TPSA) is 98.3 Å². The third-order valence-corrected chi connectivity index (χ3v) is 5.93. The van der Waals surface area contributed by atoms with E-state index < -0.39 is 0 Å². The first kappa shape index (κ1) is 19.3. The lowest BCUT2D eigenvalue weighted by Gasteiger charge is -2.37. The van der Waals surface area contributed by atoms with E-state index in [1.807, 2.05) is 6.07 Å². The van der Waals surface area contributed by atoms with E-state index in [4.69, 9.17) is 14.7 Å². The lowest BCUT2D eigenvalue weighted by atomic mass is 10.1. The Kier molecular flexibility index (Phi) is 5.99. The molecule has 2 aliphatic heterocycles. The molecular formula is C20H20N6O2S. The first-order chi connectivity index (χ1) is 14.3. The first-order valence-electron chi connectivity index (χ1n) is 9.43. The summed E-state index contributed by atoms with van der Waals surface area (Å²) in [6.07, 6.45) is 3.03. The molecule has 0 spiro atoms. The van der Waals surface area contributed by atoms with Crippen LogP contribution >= 0.6 is 11.8 Å². The van der Waals surface area contributed by atoms with Gasteiger partial charge in [0.2, 0.25) is 0 Å². The number of thioether (sulfide) groups is 1. The number of piperazine rings is 1. The fourth-order valence-electron chi connectivity index (χ4n) is 3.45. The third kappa shape index (κ3) is 4.21. The van der Waals surface area contributed by atoms with E-state index in [0.717, 1.165) is 49.2 Å². The molecule has 0 atom stereocenters. The normalized spacial score (nSPS) is 16.1. The number of anilines is 1. The Labute approximate surface area is 173 Å². The Hall–Kier alpha value is -3.01. The molecule has 0 aliphatic carbocycles. The molecule has 29 heavy (non-hydrogen) atoms. The number of aromatic nitrogens is 2. The molecule has 0 radical (unpaired) electrons. The number of nitrogens with zero attached hydrogens (tertiary/aromatic N) is 6. The number of benzene rings is 1. The highest BCUT2D eigenvalue weighted by Crippen LogP contribution is 2.42. The molecule has 1 fully saturated rings. The van der Waals surface area contributed by atoms with Crippen molar-refractivity contribution in [2.75, 3.05) is 56.6 Å². The molecule has 1 aromatic heterocycles. The fourth-order valence-corrected chi connectivity index (χ4v) is 4.37. The molecule has 0 unspecified atom stereocenters. The van der Waals surface area contributed by atoms with E-state index in [-0.39, 0.29) is 0 Å². The maximum absolute atomic E-state index is 9.29. The zero-order valence-corrected chi connectivity index (χ0v) is 16.7. The number of rotatable bonds is 5. The van der Waals surface area contributed by atoms with E-state index in [9.17, 15) is 5.26 Å². The largest absolute Gasteiger partial charge is 0.485 e. The van der Waals surface area contributed by atoms with Crippen LogP contribution in [-0.4, -0.2) is 66.6 Å². The zero-order valence-electron chi connectivity index (χ0n) is 15.9. The lowest BCUT2D eigenvalue weighted by Crippen LogP contribution is -2.47. The summed E-state index contributed by atoms with van der Waals surface area (Å²) in [6, 6.07) is 8.07. The van der Waals surface area contributed by atoms with Crippen LogP contribution in [-0.2, 0) is 0 Å². The van der Waals surface area contributed by atoms with Crippen LogP contribution in [0.15, 0.2) is 29.7 Å². The molecule has 0 amide bonds. The monoisotopic (exact) mass is 408 g/mol. The number of ether oxygens (including phenoxy) is 2. The summed E-state index contributed by atoms with van der Waals surface area (Å²) in [5, 5.41) is 19.2. The molecule has 0 N–H and O–H groups in total. The van der Waals surface area contributed by atoms with Crippen LogP contribution in [0.25, 0.3) is 0 Å². The van der Waals surface area contributed by atoms with Gasteiger partial charge in [-0.15, -0.1) is 11.8 Å². The Balaban J connectivity index is 1.33. The van der Waals surface area contributed by atoms with Gasteiger partial charge in [0.1, 0.15) is 42.3 Å². The average molecular weight is 408 g/mol. The van der Waals surface area contributed by atoms with Gasteiger partial charge in [-0.2, -0.15) is 10.5 Å². The summed E-state index contributed by atoms with van der Waals surface area (Å²) in [5.41, 5.74) is 2.03. The van der Waals surface area contributed by atoms with Crippen molar-refractivity contribution in [2.24, 2.45) is 0 Å². The second-order valence-electron chi connectivity index (χ2n) is 6.63. The molecule has 0 saturated carbocycles. The van der Waals surface area contributed by atoms with E-state index in [0.29, 0.717) is 35.8 Å². The molecule has 148 valence electrons. The van der Waals surface area contributed by atoms with Crippen LogP contribution in [0.2, 0.25) is 0 Å². The van der Waals surface area contributed by atoms with Gasteiger partial charge in [0.25, 0.3) is 0 Å². The maximum atomic E-state index is 9.29. The molecule has 4 rings (SSSR count). The average Bonchev–Trinajstić information content (AvgIpc) is 2.79. The molecule has 0 bridgehead atoms. The first-order valence-corrected chi connectivity index (χ1v) is 10.4. The van der Waals surface area contributed by atoms with E-state index in [2.05, 4.69) is 31.9 Å². The van der Waals surface area contributed by atoms with Gasteiger partial charge in [0, 0.05) is 44.7 Å². The van der Waals surface area contributed by atoms with Gasteiger partial charge < -0.3 is 14.4 Å². The summed E-state index contributed by atoms with van der Waals surface area (Å²) in [4.78, 5) is 12.8. The van der Waals surface area contributed by atoms with Crippen LogP contribution in [0.3, 0.4) is 0 Å². The van der Waals surface area contributed by atoms with Crippen molar-refractivity contribution in [3.8, 4) is 23.6 Å². The summed E-state index contributed by atoms with van der Waals surface area (Å²) in [5.74, 6) is 2.12. The molecule has 1 saturated heterocycles. The Morgan fingerprint density at radius 2 is 1.76 bits per heavy atom. The molecule has 9 heteroatoms. The summed E-state index contributed by atoms with van der Waals surface area (Å²) >= 11 is 1.59. The van der Waals surface area contributed by atoms with Gasteiger partial charge in [-0.05, 0) is 12.1 Å². The summed E-state index contributed by atoms with van der Waals surface area (Å²) in [7, 11) is 0. The molecule has 8 nitrogen and oxygen atoms in total. The van der Waals surface area contributed by atoms with Crippen LogP contribution in [0.1, 0.15) is 11.1 Å². The molecule has 1 aromatic carbocycles. The van der Waals surface area contributed by atoms with Crippen molar-refractivity contribution in [1.82, 2.24) is 14.9 Å². The molecular weight excluding hydrogens is 388 g/mol. The Morgan fingerprint density at radius 3 is 2.52 bits per heavy atom. The van der Waals surface area contributed by atoms with Crippen LogP contribution in [0, 0.1) is 22.7 Å². The van der Waals surface area contributed by atoms with E-state index in [1.54, 1.807) is 24.0 Å². The molecule has 2 aromatic rings. The second kappa shape index (κ2) is 8.99. The van der Waals surface area contributed by atoms with Crippen molar-refractivity contribution in [1.29, 1.82) is 10.5 Å². The van der Waals surface area contributed by atoms with E-state index in [1.165, 1.54) is 6.33 Å². The highest BCUT2D eigenvalue weighted by molar-refractivity contribution is 7.99. The minimum Gasteiger partial charge on any atom is -0.485 e. The van der Waals surface area contributed by atoms with Crippen LogP contribution in [0.5, 0.6) is 11.5 Å². The van der Waals surface area contributed by atoms with Gasteiger partial charge in [-0.25, -0.2) is 9.97 Å². The van der Waals surface area contributed by atoms with Crippen molar-refractivity contribution >= 4 is 17.4 Å². The van der Waals surface area contributed by atoms with Crippen molar-refractivity contribution in [2.45, 2.75) is 5.03 Å². The number of hydrogen-bond acceptors (Lipinski definition) is 9. The standard InChI is InChI=1S/C20H20N6O2S/c21-11-15-1-2-17(19-18(15)27-8-9-28-19)26-5-3-25(4-6-26)7-10-29-20-16(12-22)13-23-14-24-20/h1-2,13-14H,3-10H2. The Morgan fingerprint density at radius 1 is 1.00 bits per heavy atom.